The average molecular weight is 391 g/mol. The minimum atomic E-state index is -0.355. The van der Waals surface area contributed by atoms with E-state index in [-0.39, 0.29) is 11.5 Å². The van der Waals surface area contributed by atoms with Crippen LogP contribution in [0.1, 0.15) is 31.3 Å². The lowest BCUT2D eigenvalue weighted by molar-refractivity contribution is 0.454. The van der Waals surface area contributed by atoms with Crippen molar-refractivity contribution in [3.8, 4) is 0 Å². The number of benzene rings is 1. The van der Waals surface area contributed by atoms with Gasteiger partial charge in [0.05, 0.1) is 0 Å². The molecule has 0 amide bonds. The summed E-state index contributed by atoms with van der Waals surface area (Å²) in [6.07, 6.45) is 2.25. The zero-order valence-electron chi connectivity index (χ0n) is 12.1. The molecule has 0 saturated heterocycles. The Bertz CT molecular complexity index is 594. The third kappa shape index (κ3) is 3.61. The molecule has 0 aliphatic carbocycles. The van der Waals surface area contributed by atoms with Crippen molar-refractivity contribution in [3.63, 3.8) is 0 Å². The van der Waals surface area contributed by atoms with E-state index >= 15 is 0 Å². The fourth-order valence-corrected chi connectivity index (χ4v) is 3.52. The standard InChI is InChI=1S/C15H18BrCl2N3/c1-11(2)21-14(19-10-20-21)7-15(8-17,9-18)12-4-3-5-13(16)6-12/h3-6,10-11H,7-9H2,1-2H3. The van der Waals surface area contributed by atoms with Crippen LogP contribution in [0.3, 0.4) is 0 Å². The SMILES string of the molecule is CC(C)n1ncnc1CC(CCl)(CCl)c1cccc(Br)c1. The molecule has 21 heavy (non-hydrogen) atoms. The highest BCUT2D eigenvalue weighted by molar-refractivity contribution is 9.10. The predicted molar refractivity (Wildman–Crippen MR) is 91.4 cm³/mol. The van der Waals surface area contributed by atoms with Gasteiger partial charge in [-0.1, -0.05) is 28.1 Å². The maximum atomic E-state index is 6.30. The van der Waals surface area contributed by atoms with Crippen molar-refractivity contribution in [2.75, 3.05) is 11.8 Å². The van der Waals surface area contributed by atoms with Crippen LogP contribution in [0, 0.1) is 0 Å². The zero-order valence-corrected chi connectivity index (χ0v) is 15.2. The number of alkyl halides is 2. The van der Waals surface area contributed by atoms with Crippen molar-refractivity contribution in [1.82, 2.24) is 14.8 Å². The molecule has 114 valence electrons. The summed E-state index contributed by atoms with van der Waals surface area (Å²) in [6.45, 7) is 4.17. The van der Waals surface area contributed by atoms with Crippen LogP contribution >= 0.6 is 39.1 Å². The van der Waals surface area contributed by atoms with Gasteiger partial charge in [0.2, 0.25) is 0 Å². The number of nitrogens with zero attached hydrogens (tertiary/aromatic N) is 3. The molecule has 6 heteroatoms. The summed E-state index contributed by atoms with van der Waals surface area (Å²) in [5.41, 5.74) is 0.757. The van der Waals surface area contributed by atoms with E-state index in [1.165, 1.54) is 0 Å². The van der Waals surface area contributed by atoms with Gasteiger partial charge in [-0.15, -0.1) is 23.2 Å². The van der Waals surface area contributed by atoms with Gasteiger partial charge in [0.25, 0.3) is 0 Å². The highest BCUT2D eigenvalue weighted by Crippen LogP contribution is 2.33. The Kier molecular flexibility index (Phi) is 5.69. The second-order valence-electron chi connectivity index (χ2n) is 5.45. The maximum Gasteiger partial charge on any atom is 0.138 e. The predicted octanol–water partition coefficient (Wildman–Crippen LogP) is 4.58. The molecule has 0 saturated carbocycles. The summed E-state index contributed by atoms with van der Waals surface area (Å²) < 4.78 is 2.94. The first-order valence-electron chi connectivity index (χ1n) is 6.79. The van der Waals surface area contributed by atoms with Crippen LogP contribution in [0.25, 0.3) is 0 Å². The van der Waals surface area contributed by atoms with Gasteiger partial charge in [0, 0.05) is 34.1 Å². The van der Waals surface area contributed by atoms with Crippen molar-refractivity contribution < 1.29 is 0 Å². The molecule has 0 atom stereocenters. The van der Waals surface area contributed by atoms with Gasteiger partial charge in [-0.25, -0.2) is 9.67 Å². The summed E-state index contributed by atoms with van der Waals surface area (Å²) in [6, 6.07) is 8.38. The van der Waals surface area contributed by atoms with Crippen molar-refractivity contribution in [1.29, 1.82) is 0 Å². The number of halogens is 3. The Morgan fingerprint density at radius 3 is 2.57 bits per heavy atom. The summed E-state index contributed by atoms with van der Waals surface area (Å²) in [7, 11) is 0. The van der Waals surface area contributed by atoms with Gasteiger partial charge in [0.1, 0.15) is 12.2 Å². The highest BCUT2D eigenvalue weighted by Gasteiger charge is 2.33. The van der Waals surface area contributed by atoms with Gasteiger partial charge in [-0.3, -0.25) is 0 Å². The Hall–Kier alpha value is -0.580. The molecule has 0 radical (unpaired) electrons. The van der Waals surface area contributed by atoms with Crippen LogP contribution in [0.15, 0.2) is 35.1 Å². The van der Waals surface area contributed by atoms with Crippen molar-refractivity contribution in [2.24, 2.45) is 0 Å². The van der Waals surface area contributed by atoms with Crippen molar-refractivity contribution in [2.45, 2.75) is 31.7 Å². The lowest BCUT2D eigenvalue weighted by Gasteiger charge is -2.30. The second-order valence-corrected chi connectivity index (χ2v) is 6.90. The Morgan fingerprint density at radius 2 is 2.00 bits per heavy atom. The summed E-state index contributed by atoms with van der Waals surface area (Å²) in [4.78, 5) is 4.39. The number of rotatable bonds is 6. The molecule has 0 spiro atoms. The summed E-state index contributed by atoms with van der Waals surface area (Å²) >= 11 is 16.1. The molecule has 0 fully saturated rings. The molecule has 1 heterocycles. The van der Waals surface area contributed by atoms with Gasteiger partial charge in [0.15, 0.2) is 0 Å². The van der Waals surface area contributed by atoms with E-state index in [0.29, 0.717) is 18.2 Å². The van der Waals surface area contributed by atoms with E-state index in [2.05, 4.69) is 52.0 Å². The van der Waals surface area contributed by atoms with Crippen molar-refractivity contribution >= 4 is 39.1 Å². The van der Waals surface area contributed by atoms with Crippen LogP contribution in [0.2, 0.25) is 0 Å². The Balaban J connectivity index is 2.41. The molecule has 1 aromatic heterocycles. The monoisotopic (exact) mass is 389 g/mol. The molecule has 0 aliphatic rings. The van der Waals surface area contributed by atoms with Crippen LogP contribution in [-0.4, -0.2) is 26.5 Å². The Labute approximate surface area is 143 Å². The maximum absolute atomic E-state index is 6.30. The first-order chi connectivity index (χ1) is 10.0. The minimum absolute atomic E-state index is 0.258. The van der Waals surface area contributed by atoms with E-state index in [9.17, 15) is 0 Å². The molecule has 2 rings (SSSR count). The van der Waals surface area contributed by atoms with Crippen LogP contribution in [0.5, 0.6) is 0 Å². The van der Waals surface area contributed by atoms with E-state index in [1.54, 1.807) is 6.33 Å². The van der Waals surface area contributed by atoms with Gasteiger partial charge in [-0.2, -0.15) is 5.10 Å². The molecule has 3 nitrogen and oxygen atoms in total. The first-order valence-corrected chi connectivity index (χ1v) is 8.65. The summed E-state index contributed by atoms with van der Waals surface area (Å²) in [5.74, 6) is 1.77. The summed E-state index contributed by atoms with van der Waals surface area (Å²) in [5, 5.41) is 4.29. The lowest BCUT2D eigenvalue weighted by Crippen LogP contribution is -2.34. The van der Waals surface area contributed by atoms with E-state index < -0.39 is 0 Å². The largest absolute Gasteiger partial charge is 0.248 e. The lowest BCUT2D eigenvalue weighted by atomic mass is 9.81. The van der Waals surface area contributed by atoms with Gasteiger partial charge >= 0.3 is 0 Å². The molecule has 0 aliphatic heterocycles. The molecular formula is C15H18BrCl2N3. The fraction of sp³-hybridized carbons (Fsp3) is 0.467. The molecule has 0 unspecified atom stereocenters. The number of hydrogen-bond acceptors (Lipinski definition) is 2. The molecule has 1 aromatic carbocycles. The van der Waals surface area contributed by atoms with E-state index in [4.69, 9.17) is 23.2 Å². The van der Waals surface area contributed by atoms with Crippen LogP contribution in [0.4, 0.5) is 0 Å². The van der Waals surface area contributed by atoms with Crippen molar-refractivity contribution in [3.05, 3.63) is 46.5 Å². The zero-order chi connectivity index (χ0) is 15.5. The molecule has 2 aromatic rings. The van der Waals surface area contributed by atoms with Crippen LogP contribution in [-0.2, 0) is 11.8 Å². The number of aromatic nitrogens is 3. The van der Waals surface area contributed by atoms with E-state index in [0.717, 1.165) is 15.9 Å². The third-order valence-electron chi connectivity index (χ3n) is 3.58. The number of hydrogen-bond donors (Lipinski definition) is 0. The Morgan fingerprint density at radius 1 is 1.29 bits per heavy atom. The minimum Gasteiger partial charge on any atom is -0.248 e. The van der Waals surface area contributed by atoms with E-state index in [1.807, 2.05) is 16.8 Å². The topological polar surface area (TPSA) is 30.7 Å². The third-order valence-corrected chi connectivity index (χ3v) is 5.10. The van der Waals surface area contributed by atoms with Gasteiger partial charge in [-0.05, 0) is 31.5 Å². The molecule has 0 N–H and O–H groups in total. The average Bonchev–Trinajstić information content (AvgIpc) is 2.93. The van der Waals surface area contributed by atoms with Gasteiger partial charge < -0.3 is 0 Å². The quantitative estimate of drug-likeness (QED) is 0.675. The normalized spacial score (nSPS) is 12.1. The smallest absolute Gasteiger partial charge is 0.138 e. The second kappa shape index (κ2) is 7.12. The highest BCUT2D eigenvalue weighted by atomic mass is 79.9. The molecular weight excluding hydrogens is 373 g/mol. The van der Waals surface area contributed by atoms with Crippen LogP contribution < -0.4 is 0 Å². The molecule has 0 bridgehead atoms. The first kappa shape index (κ1) is 16.8. The fourth-order valence-electron chi connectivity index (χ4n) is 2.34.